The van der Waals surface area contributed by atoms with E-state index in [4.69, 9.17) is 4.74 Å². The van der Waals surface area contributed by atoms with Gasteiger partial charge in [0.25, 0.3) is 0 Å². The molecule has 0 unspecified atom stereocenters. The molecule has 4 heteroatoms. The van der Waals surface area contributed by atoms with Crippen LogP contribution in [0.4, 0.5) is 5.69 Å². The van der Waals surface area contributed by atoms with E-state index in [1.165, 1.54) is 11.1 Å². The Morgan fingerprint density at radius 3 is 2.54 bits per heavy atom. The van der Waals surface area contributed by atoms with Crippen LogP contribution in [0.25, 0.3) is 10.9 Å². The fraction of sp³-hybridized carbons (Fsp3) is 0.273. The summed E-state index contributed by atoms with van der Waals surface area (Å²) in [6, 6.07) is 16.4. The quantitative estimate of drug-likeness (QED) is 0.610. The van der Waals surface area contributed by atoms with Crippen LogP contribution in [0.5, 0.6) is 0 Å². The van der Waals surface area contributed by atoms with Crippen molar-refractivity contribution in [3.8, 4) is 0 Å². The summed E-state index contributed by atoms with van der Waals surface area (Å²) < 4.78 is 5.27. The molecule has 3 rings (SSSR count). The van der Waals surface area contributed by atoms with Gasteiger partial charge in [-0.05, 0) is 24.5 Å². The van der Waals surface area contributed by atoms with Crippen LogP contribution in [-0.2, 0) is 17.7 Å². The van der Waals surface area contributed by atoms with E-state index in [1.807, 2.05) is 44.3 Å². The van der Waals surface area contributed by atoms with E-state index in [2.05, 4.69) is 35.0 Å². The Labute approximate surface area is 154 Å². The standard InChI is InChI=1S/C22H24N2O2/c1-4-17-12-9-13-18-20(17)23-14-19(22(25)26-5-2)21(18)24(3)15-16-10-7-6-8-11-16/h6-14H,4-5,15H2,1-3H3. The molecule has 0 radical (unpaired) electrons. The minimum atomic E-state index is -0.335. The number of para-hydroxylation sites is 1. The van der Waals surface area contributed by atoms with Gasteiger partial charge >= 0.3 is 5.97 Å². The van der Waals surface area contributed by atoms with Gasteiger partial charge in [0.1, 0.15) is 5.56 Å². The molecule has 134 valence electrons. The average molecular weight is 348 g/mol. The lowest BCUT2D eigenvalue weighted by Crippen LogP contribution is -2.21. The lowest BCUT2D eigenvalue weighted by Gasteiger charge is -2.24. The third kappa shape index (κ3) is 3.54. The van der Waals surface area contributed by atoms with Crippen LogP contribution < -0.4 is 4.90 Å². The summed E-state index contributed by atoms with van der Waals surface area (Å²) in [4.78, 5) is 19.2. The van der Waals surface area contributed by atoms with Gasteiger partial charge in [-0.15, -0.1) is 0 Å². The van der Waals surface area contributed by atoms with Gasteiger partial charge in [-0.3, -0.25) is 4.98 Å². The van der Waals surface area contributed by atoms with Gasteiger partial charge in [-0.25, -0.2) is 4.79 Å². The van der Waals surface area contributed by atoms with Crippen molar-refractivity contribution in [2.75, 3.05) is 18.6 Å². The molecule has 4 nitrogen and oxygen atoms in total. The maximum absolute atomic E-state index is 12.5. The molecule has 1 aromatic heterocycles. The lowest BCUT2D eigenvalue weighted by atomic mass is 10.0. The van der Waals surface area contributed by atoms with Crippen LogP contribution in [0.1, 0.15) is 35.3 Å². The first-order chi connectivity index (χ1) is 12.7. The van der Waals surface area contributed by atoms with Crippen LogP contribution in [0.3, 0.4) is 0 Å². The molecule has 0 atom stereocenters. The van der Waals surface area contributed by atoms with E-state index in [-0.39, 0.29) is 5.97 Å². The Balaban J connectivity index is 2.14. The summed E-state index contributed by atoms with van der Waals surface area (Å²) in [6.07, 6.45) is 2.54. The number of rotatable bonds is 6. The monoisotopic (exact) mass is 348 g/mol. The summed E-state index contributed by atoms with van der Waals surface area (Å²) in [6.45, 7) is 4.97. The maximum atomic E-state index is 12.5. The highest BCUT2D eigenvalue weighted by molar-refractivity contribution is 6.05. The number of ether oxygens (including phenoxy) is 1. The predicted octanol–water partition coefficient (Wildman–Crippen LogP) is 4.61. The van der Waals surface area contributed by atoms with E-state index in [0.717, 1.165) is 23.0 Å². The molecule has 0 aliphatic heterocycles. The number of esters is 1. The van der Waals surface area contributed by atoms with Crippen molar-refractivity contribution in [1.29, 1.82) is 0 Å². The number of hydrogen-bond donors (Lipinski definition) is 0. The number of aromatic nitrogens is 1. The first-order valence-corrected chi connectivity index (χ1v) is 8.98. The Hall–Kier alpha value is -2.88. The van der Waals surface area contributed by atoms with Crippen molar-refractivity contribution >= 4 is 22.6 Å². The fourth-order valence-electron chi connectivity index (χ4n) is 3.26. The molecule has 0 aliphatic rings. The first-order valence-electron chi connectivity index (χ1n) is 8.98. The first kappa shape index (κ1) is 17.9. The zero-order valence-corrected chi connectivity index (χ0v) is 15.5. The highest BCUT2D eigenvalue weighted by Crippen LogP contribution is 2.32. The summed E-state index contributed by atoms with van der Waals surface area (Å²) >= 11 is 0. The van der Waals surface area contributed by atoms with E-state index < -0.39 is 0 Å². The summed E-state index contributed by atoms with van der Waals surface area (Å²) in [7, 11) is 2.00. The number of carbonyl (C=O) groups is 1. The number of carbonyl (C=O) groups excluding carboxylic acids is 1. The molecule has 0 fully saturated rings. The molecular weight excluding hydrogens is 324 g/mol. The van der Waals surface area contributed by atoms with Crippen LogP contribution in [0, 0.1) is 0 Å². The normalized spacial score (nSPS) is 10.7. The maximum Gasteiger partial charge on any atom is 0.341 e. The van der Waals surface area contributed by atoms with Crippen molar-refractivity contribution in [1.82, 2.24) is 4.98 Å². The molecule has 3 aromatic rings. The number of nitrogens with zero attached hydrogens (tertiary/aromatic N) is 2. The largest absolute Gasteiger partial charge is 0.462 e. The Morgan fingerprint density at radius 2 is 1.85 bits per heavy atom. The lowest BCUT2D eigenvalue weighted by molar-refractivity contribution is 0.0527. The third-order valence-electron chi connectivity index (χ3n) is 4.47. The van der Waals surface area contributed by atoms with Crippen molar-refractivity contribution in [2.45, 2.75) is 26.8 Å². The summed E-state index contributed by atoms with van der Waals surface area (Å²) in [5, 5.41) is 0.980. The number of fused-ring (bicyclic) bond motifs is 1. The van der Waals surface area contributed by atoms with Crippen LogP contribution in [-0.4, -0.2) is 24.6 Å². The molecule has 0 amide bonds. The van der Waals surface area contributed by atoms with Crippen LogP contribution in [0.15, 0.2) is 54.7 Å². The second-order valence-corrected chi connectivity index (χ2v) is 6.25. The zero-order chi connectivity index (χ0) is 18.5. The number of benzene rings is 2. The number of hydrogen-bond acceptors (Lipinski definition) is 4. The molecule has 1 heterocycles. The predicted molar refractivity (Wildman–Crippen MR) is 106 cm³/mol. The molecule has 2 aromatic carbocycles. The second-order valence-electron chi connectivity index (χ2n) is 6.25. The van der Waals surface area contributed by atoms with Crippen LogP contribution >= 0.6 is 0 Å². The Kier molecular flexibility index (Phi) is 5.52. The van der Waals surface area contributed by atoms with Crippen molar-refractivity contribution in [3.63, 3.8) is 0 Å². The summed E-state index contributed by atoms with van der Waals surface area (Å²) in [5.74, 6) is -0.335. The van der Waals surface area contributed by atoms with Gasteiger partial charge in [0.2, 0.25) is 0 Å². The highest BCUT2D eigenvalue weighted by Gasteiger charge is 2.20. The Bertz CT molecular complexity index is 907. The molecule has 0 N–H and O–H groups in total. The fourth-order valence-corrected chi connectivity index (χ4v) is 3.26. The second kappa shape index (κ2) is 8.00. The zero-order valence-electron chi connectivity index (χ0n) is 15.5. The molecule has 0 saturated heterocycles. The number of pyridine rings is 1. The minimum absolute atomic E-state index is 0.335. The van der Waals surface area contributed by atoms with Gasteiger partial charge < -0.3 is 9.64 Å². The number of aryl methyl sites for hydroxylation is 1. The smallest absolute Gasteiger partial charge is 0.341 e. The summed E-state index contributed by atoms with van der Waals surface area (Å²) in [5.41, 5.74) is 4.67. The molecule has 0 saturated carbocycles. The number of anilines is 1. The molecule has 0 bridgehead atoms. The van der Waals surface area contributed by atoms with Gasteiger partial charge in [0.15, 0.2) is 0 Å². The molecule has 0 aliphatic carbocycles. The van der Waals surface area contributed by atoms with Crippen molar-refractivity contribution < 1.29 is 9.53 Å². The Morgan fingerprint density at radius 1 is 1.08 bits per heavy atom. The molecule has 26 heavy (non-hydrogen) atoms. The van der Waals surface area contributed by atoms with Crippen LogP contribution in [0.2, 0.25) is 0 Å². The topological polar surface area (TPSA) is 42.4 Å². The van der Waals surface area contributed by atoms with E-state index >= 15 is 0 Å². The average Bonchev–Trinajstić information content (AvgIpc) is 2.67. The van der Waals surface area contributed by atoms with Gasteiger partial charge in [0.05, 0.1) is 17.8 Å². The molecule has 0 spiro atoms. The van der Waals surface area contributed by atoms with E-state index in [1.54, 1.807) is 6.20 Å². The highest BCUT2D eigenvalue weighted by atomic mass is 16.5. The third-order valence-corrected chi connectivity index (χ3v) is 4.47. The van der Waals surface area contributed by atoms with E-state index in [0.29, 0.717) is 18.7 Å². The van der Waals surface area contributed by atoms with Gasteiger partial charge in [-0.2, -0.15) is 0 Å². The van der Waals surface area contributed by atoms with Gasteiger partial charge in [0, 0.05) is 25.2 Å². The molecular formula is C22H24N2O2. The van der Waals surface area contributed by atoms with Crippen molar-refractivity contribution in [3.05, 3.63) is 71.4 Å². The SMILES string of the molecule is CCOC(=O)c1cnc2c(CC)cccc2c1N(C)Cc1ccccc1. The van der Waals surface area contributed by atoms with Crippen molar-refractivity contribution in [2.24, 2.45) is 0 Å². The van der Waals surface area contributed by atoms with Gasteiger partial charge in [-0.1, -0.05) is 55.5 Å². The minimum Gasteiger partial charge on any atom is -0.462 e. The van der Waals surface area contributed by atoms with E-state index in [9.17, 15) is 4.79 Å².